The second kappa shape index (κ2) is 16.9. The van der Waals surface area contributed by atoms with Gasteiger partial charge in [0.2, 0.25) is 5.91 Å². The van der Waals surface area contributed by atoms with E-state index in [0.717, 1.165) is 96.0 Å². The Balaban J connectivity index is 1.51. The number of tetrazole rings is 1. The molecule has 12 heteroatoms. The number of aliphatic imine (C=N–C) groups is 1. The van der Waals surface area contributed by atoms with Gasteiger partial charge < -0.3 is 15.0 Å². The van der Waals surface area contributed by atoms with Gasteiger partial charge in [-0.15, -0.1) is 5.10 Å². The maximum Gasteiger partial charge on any atom is 0.310 e. The fourth-order valence-electron chi connectivity index (χ4n) is 5.64. The molecule has 2 saturated carbocycles. The van der Waals surface area contributed by atoms with Crippen molar-refractivity contribution in [3.63, 3.8) is 0 Å². The van der Waals surface area contributed by atoms with Gasteiger partial charge in [0, 0.05) is 26.1 Å². The smallest absolute Gasteiger partial charge is 0.310 e. The number of hydrogen-bond acceptors (Lipinski definition) is 8. The Hall–Kier alpha value is -3.05. The quantitative estimate of drug-likeness (QED) is 0.152. The topological polar surface area (TPSA) is 146 Å². The van der Waals surface area contributed by atoms with Crippen LogP contribution in [0.1, 0.15) is 104 Å². The van der Waals surface area contributed by atoms with Crippen molar-refractivity contribution in [3.05, 3.63) is 0 Å². The molecule has 0 aromatic carbocycles. The Morgan fingerprint density at radius 3 is 2.33 bits per heavy atom. The zero-order valence-corrected chi connectivity index (χ0v) is 24.6. The van der Waals surface area contributed by atoms with Crippen molar-refractivity contribution in [2.75, 3.05) is 31.8 Å². The number of H-pyrrole nitrogens is 1. The Kier molecular flexibility index (Phi) is 13.3. The minimum atomic E-state index is -0.661. The van der Waals surface area contributed by atoms with E-state index >= 15 is 0 Å². The van der Waals surface area contributed by atoms with Crippen LogP contribution in [0.15, 0.2) is 4.99 Å². The van der Waals surface area contributed by atoms with Gasteiger partial charge in [0.15, 0.2) is 6.73 Å². The zero-order valence-electron chi connectivity index (χ0n) is 24.6. The molecule has 2 amide bonds. The summed E-state index contributed by atoms with van der Waals surface area (Å²) in [5.41, 5.74) is 0. The summed E-state index contributed by atoms with van der Waals surface area (Å²) in [6.45, 7) is 5.71. The number of carbonyl (C=O) groups is 3. The number of unbranched alkanes of at least 4 members (excludes halogenated alkanes) is 1. The highest BCUT2D eigenvalue weighted by Crippen LogP contribution is 2.25. The van der Waals surface area contributed by atoms with Crippen LogP contribution in [0.5, 0.6) is 0 Å². The molecule has 2 aliphatic carbocycles. The predicted molar refractivity (Wildman–Crippen MR) is 152 cm³/mol. The predicted octanol–water partition coefficient (Wildman–Crippen LogP) is 3.61. The first-order valence-corrected chi connectivity index (χ1v) is 15.1. The Morgan fingerprint density at radius 1 is 1.02 bits per heavy atom. The number of hydrogen-bond donors (Lipinski definition) is 2. The first-order chi connectivity index (χ1) is 19.4. The molecule has 40 heavy (non-hydrogen) atoms. The number of anilines is 1. The van der Waals surface area contributed by atoms with E-state index in [2.05, 4.69) is 42.8 Å². The van der Waals surface area contributed by atoms with E-state index in [4.69, 9.17) is 4.74 Å². The highest BCUT2D eigenvalue weighted by molar-refractivity contribution is 5.97. The fourth-order valence-corrected chi connectivity index (χ4v) is 5.64. The standard InChI is InChI=1S/C28H48N8O4/c1-4-18-36(21(2)29-20-40-27(39)23-15-9-6-10-16-23)19-12-11-17-24(26(38)35(3)28-31-33-34-32-28)30-25(37)22-13-7-5-8-14-22/h22-24H,4-20H2,1-3H3,(H,30,37)(H,31,32,33,34)/b29-21+/t24-/m0/s1. The summed E-state index contributed by atoms with van der Waals surface area (Å²) < 4.78 is 5.45. The van der Waals surface area contributed by atoms with E-state index < -0.39 is 6.04 Å². The number of aromatic amines is 1. The summed E-state index contributed by atoms with van der Waals surface area (Å²) in [6.07, 6.45) is 13.2. The SMILES string of the molecule is CCCN(CCCC[C@H](NC(=O)C1CCCCC1)C(=O)N(C)c1nn[nH]n1)/C(C)=N/COC(=O)C1CCCCC1. The van der Waals surface area contributed by atoms with Crippen LogP contribution in [0.25, 0.3) is 0 Å². The van der Waals surface area contributed by atoms with E-state index in [1.807, 2.05) is 6.92 Å². The molecule has 0 bridgehead atoms. The number of rotatable bonds is 14. The number of nitrogens with zero attached hydrogens (tertiary/aromatic N) is 6. The maximum absolute atomic E-state index is 13.3. The molecule has 0 aliphatic heterocycles. The highest BCUT2D eigenvalue weighted by atomic mass is 16.5. The van der Waals surface area contributed by atoms with E-state index in [-0.39, 0.29) is 42.3 Å². The number of aromatic nitrogens is 4. The molecule has 1 heterocycles. The normalized spacial score (nSPS) is 17.7. The fraction of sp³-hybridized carbons (Fsp3) is 0.821. The number of ether oxygens (including phenoxy) is 1. The molecule has 1 aromatic heterocycles. The van der Waals surface area contributed by atoms with Gasteiger partial charge in [-0.2, -0.15) is 5.21 Å². The lowest BCUT2D eigenvalue weighted by Gasteiger charge is -2.27. The maximum atomic E-state index is 13.3. The molecule has 1 aromatic rings. The van der Waals surface area contributed by atoms with Gasteiger partial charge in [0.05, 0.1) is 11.8 Å². The van der Waals surface area contributed by atoms with Crippen molar-refractivity contribution >= 4 is 29.6 Å². The summed E-state index contributed by atoms with van der Waals surface area (Å²) in [5, 5.41) is 16.7. The van der Waals surface area contributed by atoms with Gasteiger partial charge >= 0.3 is 5.97 Å². The van der Waals surface area contributed by atoms with Crippen LogP contribution in [-0.4, -0.2) is 82.1 Å². The zero-order chi connectivity index (χ0) is 28.7. The third-order valence-electron chi connectivity index (χ3n) is 8.12. The van der Waals surface area contributed by atoms with Gasteiger partial charge in [-0.1, -0.05) is 50.5 Å². The first kappa shape index (κ1) is 31.5. The molecular weight excluding hydrogens is 512 g/mol. The highest BCUT2D eigenvalue weighted by Gasteiger charge is 2.30. The van der Waals surface area contributed by atoms with Gasteiger partial charge in [-0.05, 0) is 63.5 Å². The Morgan fingerprint density at radius 2 is 1.70 bits per heavy atom. The molecule has 0 spiro atoms. The number of nitrogens with one attached hydrogen (secondary N) is 2. The van der Waals surface area contributed by atoms with Crippen LogP contribution in [-0.2, 0) is 19.1 Å². The van der Waals surface area contributed by atoms with Gasteiger partial charge in [0.1, 0.15) is 6.04 Å². The molecular formula is C28H48N8O4. The number of likely N-dealkylation sites (N-methyl/N-ethyl adjacent to an activating group) is 1. The number of amides is 2. The number of amidine groups is 1. The molecule has 224 valence electrons. The van der Waals surface area contributed by atoms with Crippen molar-refractivity contribution in [2.45, 2.75) is 110 Å². The van der Waals surface area contributed by atoms with Crippen LogP contribution < -0.4 is 10.2 Å². The van der Waals surface area contributed by atoms with Gasteiger partial charge in [-0.3, -0.25) is 19.3 Å². The Bertz CT molecular complexity index is 942. The molecule has 12 nitrogen and oxygen atoms in total. The molecule has 0 unspecified atom stereocenters. The average molecular weight is 561 g/mol. The summed E-state index contributed by atoms with van der Waals surface area (Å²) in [4.78, 5) is 46.7. The van der Waals surface area contributed by atoms with Crippen LogP contribution in [0, 0.1) is 11.8 Å². The monoisotopic (exact) mass is 560 g/mol. The van der Waals surface area contributed by atoms with E-state index in [1.54, 1.807) is 7.05 Å². The van der Waals surface area contributed by atoms with Crippen molar-refractivity contribution in [3.8, 4) is 0 Å². The molecule has 2 aliphatic rings. The van der Waals surface area contributed by atoms with E-state index in [1.165, 1.54) is 11.3 Å². The second-order valence-electron chi connectivity index (χ2n) is 11.1. The minimum absolute atomic E-state index is 0.0179. The van der Waals surface area contributed by atoms with E-state index in [9.17, 15) is 14.4 Å². The van der Waals surface area contributed by atoms with Crippen LogP contribution in [0.3, 0.4) is 0 Å². The van der Waals surface area contributed by atoms with E-state index in [0.29, 0.717) is 6.42 Å². The lowest BCUT2D eigenvalue weighted by atomic mass is 9.88. The second-order valence-corrected chi connectivity index (χ2v) is 11.1. The van der Waals surface area contributed by atoms with Crippen molar-refractivity contribution in [1.82, 2.24) is 30.8 Å². The largest absolute Gasteiger partial charge is 0.442 e. The van der Waals surface area contributed by atoms with Gasteiger partial charge in [-0.25, -0.2) is 4.99 Å². The third-order valence-corrected chi connectivity index (χ3v) is 8.12. The molecule has 2 N–H and O–H groups in total. The van der Waals surface area contributed by atoms with Gasteiger partial charge in [0.25, 0.3) is 11.9 Å². The lowest BCUT2D eigenvalue weighted by molar-refractivity contribution is -0.149. The number of carbonyl (C=O) groups excluding carboxylic acids is 3. The third kappa shape index (κ3) is 9.85. The Labute approximate surface area is 238 Å². The molecule has 2 fully saturated rings. The van der Waals surface area contributed by atoms with Crippen LogP contribution in [0.4, 0.5) is 5.95 Å². The van der Waals surface area contributed by atoms with Crippen LogP contribution in [0.2, 0.25) is 0 Å². The molecule has 1 atom stereocenters. The van der Waals surface area contributed by atoms with Crippen LogP contribution >= 0.6 is 0 Å². The van der Waals surface area contributed by atoms with Crippen molar-refractivity contribution in [2.24, 2.45) is 16.8 Å². The molecule has 3 rings (SSSR count). The number of esters is 1. The summed E-state index contributed by atoms with van der Waals surface area (Å²) in [5.74, 6) is 0.567. The summed E-state index contributed by atoms with van der Waals surface area (Å²) in [7, 11) is 1.59. The van der Waals surface area contributed by atoms with Crippen molar-refractivity contribution in [1.29, 1.82) is 0 Å². The van der Waals surface area contributed by atoms with Crippen molar-refractivity contribution < 1.29 is 19.1 Å². The lowest BCUT2D eigenvalue weighted by Crippen LogP contribution is -2.49. The molecule has 0 radical (unpaired) electrons. The summed E-state index contributed by atoms with van der Waals surface area (Å²) >= 11 is 0. The average Bonchev–Trinajstić information content (AvgIpc) is 3.53. The molecule has 0 saturated heterocycles. The summed E-state index contributed by atoms with van der Waals surface area (Å²) in [6, 6.07) is -0.661. The minimum Gasteiger partial charge on any atom is -0.442 e. The first-order valence-electron chi connectivity index (χ1n) is 15.1.